The van der Waals surface area contributed by atoms with Crippen molar-refractivity contribution < 1.29 is 0 Å². The molecule has 0 bridgehead atoms. The number of nitrogens with zero attached hydrogens (tertiary/aromatic N) is 1. The zero-order valence-electron chi connectivity index (χ0n) is 12.7. The van der Waals surface area contributed by atoms with Crippen LogP contribution in [0, 0.1) is 0 Å². The fourth-order valence-corrected chi connectivity index (χ4v) is 3.43. The van der Waals surface area contributed by atoms with Gasteiger partial charge in [-0.1, -0.05) is 11.6 Å². The second kappa shape index (κ2) is 7.06. The fraction of sp³-hybridized carbons (Fsp3) is 0.625. The van der Waals surface area contributed by atoms with Crippen LogP contribution in [0.15, 0.2) is 18.2 Å². The zero-order valence-corrected chi connectivity index (χ0v) is 14.3. The average Bonchev–Trinajstić information content (AvgIpc) is 2.64. The molecule has 4 heteroatoms. The number of hydrogen-bond acceptors (Lipinski definition) is 3. The molecule has 0 radical (unpaired) electrons. The monoisotopic (exact) mass is 312 g/mol. The Morgan fingerprint density at radius 1 is 1.25 bits per heavy atom. The lowest BCUT2D eigenvalue weighted by molar-refractivity contribution is 0.424. The van der Waals surface area contributed by atoms with Gasteiger partial charge in [-0.3, -0.25) is 0 Å². The highest BCUT2D eigenvalue weighted by Gasteiger charge is 2.16. The average molecular weight is 313 g/mol. The summed E-state index contributed by atoms with van der Waals surface area (Å²) in [7, 11) is 0. The molecule has 1 N–H and O–H groups in total. The first kappa shape index (κ1) is 16.0. The van der Waals surface area contributed by atoms with Crippen LogP contribution in [0.3, 0.4) is 0 Å². The first-order valence-electron chi connectivity index (χ1n) is 7.32. The zero-order chi connectivity index (χ0) is 14.6. The van der Waals surface area contributed by atoms with Gasteiger partial charge < -0.3 is 10.2 Å². The summed E-state index contributed by atoms with van der Waals surface area (Å²) >= 11 is 8.25. The van der Waals surface area contributed by atoms with Gasteiger partial charge in [0.1, 0.15) is 0 Å². The predicted molar refractivity (Wildman–Crippen MR) is 92.2 cm³/mol. The van der Waals surface area contributed by atoms with Gasteiger partial charge in [0.15, 0.2) is 0 Å². The third kappa shape index (κ3) is 4.87. The Morgan fingerprint density at radius 3 is 2.80 bits per heavy atom. The van der Waals surface area contributed by atoms with Gasteiger partial charge in [0, 0.05) is 41.6 Å². The van der Waals surface area contributed by atoms with Gasteiger partial charge in [-0.15, -0.1) is 0 Å². The molecule has 1 heterocycles. The summed E-state index contributed by atoms with van der Waals surface area (Å²) in [4.78, 5) is 2.51. The van der Waals surface area contributed by atoms with Crippen molar-refractivity contribution in [3.8, 4) is 0 Å². The molecule has 1 aliphatic rings. The van der Waals surface area contributed by atoms with Crippen LogP contribution in [-0.4, -0.2) is 30.1 Å². The van der Waals surface area contributed by atoms with E-state index in [4.69, 9.17) is 11.6 Å². The number of thioether (sulfide) groups is 1. The minimum atomic E-state index is 0.119. The third-order valence-corrected chi connectivity index (χ3v) is 4.70. The van der Waals surface area contributed by atoms with Crippen molar-refractivity contribution >= 4 is 29.1 Å². The highest BCUT2D eigenvalue weighted by Crippen LogP contribution is 2.27. The third-order valence-electron chi connectivity index (χ3n) is 3.41. The molecule has 0 unspecified atom stereocenters. The van der Waals surface area contributed by atoms with E-state index < -0.39 is 0 Å². The van der Waals surface area contributed by atoms with Crippen molar-refractivity contribution in [2.75, 3.05) is 29.5 Å². The van der Waals surface area contributed by atoms with Crippen LogP contribution in [-0.2, 0) is 6.54 Å². The molecule has 112 valence electrons. The molecule has 20 heavy (non-hydrogen) atoms. The van der Waals surface area contributed by atoms with E-state index in [2.05, 4.69) is 54.9 Å². The van der Waals surface area contributed by atoms with E-state index >= 15 is 0 Å². The molecule has 2 rings (SSSR count). The molecule has 0 aromatic heterocycles. The highest BCUT2D eigenvalue weighted by atomic mass is 35.5. The van der Waals surface area contributed by atoms with Crippen LogP contribution in [0.25, 0.3) is 0 Å². The van der Waals surface area contributed by atoms with Crippen molar-refractivity contribution in [3.63, 3.8) is 0 Å². The van der Waals surface area contributed by atoms with Crippen LogP contribution in [0.5, 0.6) is 0 Å². The molecule has 0 amide bonds. The van der Waals surface area contributed by atoms with Crippen molar-refractivity contribution in [2.24, 2.45) is 0 Å². The van der Waals surface area contributed by atoms with E-state index in [9.17, 15) is 0 Å². The molecular formula is C16H25ClN2S. The maximum Gasteiger partial charge on any atom is 0.0413 e. The van der Waals surface area contributed by atoms with Gasteiger partial charge in [-0.05, 0) is 56.7 Å². The lowest BCUT2D eigenvalue weighted by Crippen LogP contribution is -2.36. The topological polar surface area (TPSA) is 15.3 Å². The number of rotatable bonds is 3. The number of benzene rings is 1. The van der Waals surface area contributed by atoms with Crippen molar-refractivity contribution in [3.05, 3.63) is 28.8 Å². The second-order valence-electron chi connectivity index (χ2n) is 6.33. The Kier molecular flexibility index (Phi) is 5.65. The smallest absolute Gasteiger partial charge is 0.0413 e. The summed E-state index contributed by atoms with van der Waals surface area (Å²) in [5, 5.41) is 4.39. The minimum absolute atomic E-state index is 0.119. The fourth-order valence-electron chi connectivity index (χ4n) is 2.35. The van der Waals surface area contributed by atoms with E-state index in [1.807, 2.05) is 6.07 Å². The summed E-state index contributed by atoms with van der Waals surface area (Å²) < 4.78 is 0. The minimum Gasteiger partial charge on any atom is -0.370 e. The molecule has 1 aromatic carbocycles. The molecule has 2 nitrogen and oxygen atoms in total. The summed E-state index contributed by atoms with van der Waals surface area (Å²) in [6.07, 6.45) is 1.26. The molecule has 0 saturated carbocycles. The Hall–Kier alpha value is -0.380. The Labute approximate surface area is 132 Å². The van der Waals surface area contributed by atoms with Crippen LogP contribution in [0.2, 0.25) is 5.02 Å². The molecular weight excluding hydrogens is 288 g/mol. The van der Waals surface area contributed by atoms with E-state index in [1.165, 1.54) is 29.2 Å². The number of anilines is 1. The molecule has 1 aliphatic heterocycles. The maximum atomic E-state index is 6.19. The van der Waals surface area contributed by atoms with Crippen LogP contribution in [0.4, 0.5) is 5.69 Å². The Balaban J connectivity index is 2.18. The maximum absolute atomic E-state index is 6.19. The van der Waals surface area contributed by atoms with Crippen LogP contribution >= 0.6 is 23.4 Å². The molecule has 0 spiro atoms. The van der Waals surface area contributed by atoms with Crippen molar-refractivity contribution in [2.45, 2.75) is 39.3 Å². The van der Waals surface area contributed by atoms with Gasteiger partial charge in [0.2, 0.25) is 0 Å². The molecule has 1 saturated heterocycles. The Morgan fingerprint density at radius 2 is 2.05 bits per heavy atom. The standard InChI is InChI=1S/C16H25ClN2S/c1-16(2,3)18-12-13-11-14(17)5-6-15(13)19-7-4-9-20-10-8-19/h5-6,11,18H,4,7-10,12H2,1-3H3. The van der Waals surface area contributed by atoms with Crippen LogP contribution < -0.4 is 10.2 Å². The van der Waals surface area contributed by atoms with Gasteiger partial charge >= 0.3 is 0 Å². The SMILES string of the molecule is CC(C)(C)NCc1cc(Cl)ccc1N1CCCSCC1. The van der Waals surface area contributed by atoms with E-state index in [0.29, 0.717) is 0 Å². The predicted octanol–water partition coefficient (Wildman–Crippen LogP) is 4.17. The molecule has 1 aromatic rings. The molecule has 0 atom stereocenters. The first-order chi connectivity index (χ1) is 9.46. The van der Waals surface area contributed by atoms with E-state index in [-0.39, 0.29) is 5.54 Å². The van der Waals surface area contributed by atoms with Gasteiger partial charge in [0.25, 0.3) is 0 Å². The van der Waals surface area contributed by atoms with Crippen molar-refractivity contribution in [1.29, 1.82) is 0 Å². The lowest BCUT2D eigenvalue weighted by Gasteiger charge is -2.27. The molecule has 0 aliphatic carbocycles. The highest BCUT2D eigenvalue weighted by molar-refractivity contribution is 7.99. The Bertz CT molecular complexity index is 435. The van der Waals surface area contributed by atoms with Crippen molar-refractivity contribution in [1.82, 2.24) is 5.32 Å². The largest absolute Gasteiger partial charge is 0.370 e. The summed E-state index contributed by atoms with van der Waals surface area (Å²) in [6, 6.07) is 6.29. The number of halogens is 1. The lowest BCUT2D eigenvalue weighted by atomic mass is 10.1. The van der Waals surface area contributed by atoms with Gasteiger partial charge in [-0.2, -0.15) is 11.8 Å². The van der Waals surface area contributed by atoms with Crippen LogP contribution in [0.1, 0.15) is 32.8 Å². The quantitative estimate of drug-likeness (QED) is 0.901. The van der Waals surface area contributed by atoms with E-state index in [1.54, 1.807) is 0 Å². The second-order valence-corrected chi connectivity index (χ2v) is 7.99. The molecule has 1 fully saturated rings. The number of nitrogens with one attached hydrogen (secondary N) is 1. The summed E-state index contributed by atoms with van der Waals surface area (Å²) in [6.45, 7) is 9.73. The van der Waals surface area contributed by atoms with Gasteiger partial charge in [-0.25, -0.2) is 0 Å². The normalized spacial score (nSPS) is 17.1. The van der Waals surface area contributed by atoms with Gasteiger partial charge in [0.05, 0.1) is 0 Å². The van der Waals surface area contributed by atoms with E-state index in [0.717, 1.165) is 24.7 Å². The summed E-state index contributed by atoms with van der Waals surface area (Å²) in [5.74, 6) is 2.49. The summed E-state index contributed by atoms with van der Waals surface area (Å²) in [5.41, 5.74) is 2.77. The number of hydrogen-bond donors (Lipinski definition) is 1. The first-order valence-corrected chi connectivity index (χ1v) is 8.85.